The van der Waals surface area contributed by atoms with Gasteiger partial charge in [0.25, 0.3) is 0 Å². The summed E-state index contributed by atoms with van der Waals surface area (Å²) in [4.78, 5) is 12.0. The molecule has 12 heteroatoms. The summed E-state index contributed by atoms with van der Waals surface area (Å²) in [6, 6.07) is 8.86. The van der Waals surface area contributed by atoms with E-state index in [1.54, 1.807) is 17.2 Å². The summed E-state index contributed by atoms with van der Waals surface area (Å²) in [5, 5.41) is 6.13. The highest BCUT2D eigenvalue weighted by atomic mass is 19.4. The van der Waals surface area contributed by atoms with Crippen LogP contribution in [0, 0.1) is 0 Å². The van der Waals surface area contributed by atoms with Gasteiger partial charge in [0.2, 0.25) is 0 Å². The highest BCUT2D eigenvalue weighted by molar-refractivity contribution is 5.85. The van der Waals surface area contributed by atoms with Crippen LogP contribution in [0.4, 0.5) is 30.2 Å². The van der Waals surface area contributed by atoms with Gasteiger partial charge in [-0.2, -0.15) is 13.2 Å². The summed E-state index contributed by atoms with van der Waals surface area (Å²) in [6.07, 6.45) is -2.98. The van der Waals surface area contributed by atoms with Crippen molar-refractivity contribution in [3.8, 4) is 11.5 Å². The van der Waals surface area contributed by atoms with Crippen molar-refractivity contribution in [2.75, 3.05) is 42.6 Å². The number of allylic oxidation sites excluding steroid dienone is 1. The molecule has 0 amide bonds. The molecule has 1 fully saturated rings. The van der Waals surface area contributed by atoms with Crippen LogP contribution in [0.1, 0.15) is 12.5 Å². The second-order valence-corrected chi connectivity index (χ2v) is 7.79. The smallest absolute Gasteiger partial charge is 0.416 e. The maximum Gasteiger partial charge on any atom is 0.416 e. The summed E-state index contributed by atoms with van der Waals surface area (Å²) in [6.45, 7) is 2.53. The lowest BCUT2D eigenvalue weighted by Gasteiger charge is -2.36. The number of aliphatic imine (C=N–C) groups is 1. The van der Waals surface area contributed by atoms with E-state index in [1.807, 2.05) is 19.1 Å². The summed E-state index contributed by atoms with van der Waals surface area (Å²) in [5.41, 5.74) is 4.33. The zero-order valence-corrected chi connectivity index (χ0v) is 18.3. The number of ether oxygens (including phenoxy) is 3. The normalized spacial score (nSPS) is 20.6. The molecule has 3 aliphatic heterocycles. The molecule has 0 spiro atoms. The maximum atomic E-state index is 13.6. The highest BCUT2D eigenvalue weighted by Gasteiger charge is 2.50. The molecule has 0 radical (unpaired) electrons. The standard InChI is InChI=1S/C22H22F3N5O4/c1-13-11-27-22(28-15-7-14(21(23,24)25)8-17(9-15)32-6-5-31-2)30(20(13)29-34-22)16-3-4-19-18(10-16)26-12-33-19/h3-4,7-11,26,28-29H,5-6,12H2,1-2H3. The lowest BCUT2D eigenvalue weighted by atomic mass is 10.1. The average Bonchev–Trinajstić information content (AvgIpc) is 3.37. The van der Waals surface area contributed by atoms with Crippen molar-refractivity contribution >= 4 is 23.3 Å². The fourth-order valence-corrected chi connectivity index (χ4v) is 3.83. The minimum absolute atomic E-state index is 0.0360. The third-order valence-corrected chi connectivity index (χ3v) is 5.43. The van der Waals surface area contributed by atoms with E-state index >= 15 is 0 Å². The van der Waals surface area contributed by atoms with Crippen molar-refractivity contribution in [2.45, 2.75) is 19.1 Å². The van der Waals surface area contributed by atoms with E-state index < -0.39 is 17.7 Å². The Morgan fingerprint density at radius 3 is 2.85 bits per heavy atom. The van der Waals surface area contributed by atoms with Crippen LogP contribution in [-0.2, 0) is 15.8 Å². The van der Waals surface area contributed by atoms with E-state index in [-0.39, 0.29) is 24.7 Å². The number of nitrogens with zero attached hydrogens (tertiary/aromatic N) is 2. The number of halogens is 3. The largest absolute Gasteiger partial charge is 0.491 e. The number of alkyl halides is 3. The molecule has 0 aliphatic carbocycles. The Bertz CT molecular complexity index is 1170. The lowest BCUT2D eigenvalue weighted by molar-refractivity contribution is -0.137. The topological polar surface area (TPSA) is 88.6 Å². The first kappa shape index (κ1) is 22.2. The molecule has 5 rings (SSSR count). The van der Waals surface area contributed by atoms with Gasteiger partial charge < -0.3 is 24.8 Å². The molecular weight excluding hydrogens is 455 g/mol. The number of nitrogens with one attached hydrogen (secondary N) is 3. The van der Waals surface area contributed by atoms with E-state index in [9.17, 15) is 13.2 Å². The Morgan fingerprint density at radius 1 is 1.21 bits per heavy atom. The van der Waals surface area contributed by atoms with Gasteiger partial charge in [-0.3, -0.25) is 4.90 Å². The first-order chi connectivity index (χ1) is 16.3. The Kier molecular flexibility index (Phi) is 5.41. The van der Waals surface area contributed by atoms with Gasteiger partial charge in [-0.25, -0.2) is 15.3 Å². The number of hydroxylamine groups is 1. The molecule has 1 saturated heterocycles. The molecule has 9 nitrogen and oxygen atoms in total. The minimum atomic E-state index is -4.58. The monoisotopic (exact) mass is 477 g/mol. The van der Waals surface area contributed by atoms with Gasteiger partial charge in [-0.05, 0) is 37.3 Å². The van der Waals surface area contributed by atoms with Crippen molar-refractivity contribution in [1.82, 2.24) is 5.48 Å². The molecule has 3 aliphatic rings. The quantitative estimate of drug-likeness (QED) is 0.518. The van der Waals surface area contributed by atoms with E-state index in [1.165, 1.54) is 13.2 Å². The van der Waals surface area contributed by atoms with Crippen molar-refractivity contribution in [2.24, 2.45) is 4.99 Å². The van der Waals surface area contributed by atoms with Crippen molar-refractivity contribution in [1.29, 1.82) is 0 Å². The molecule has 2 aromatic carbocycles. The molecule has 2 aromatic rings. The molecule has 34 heavy (non-hydrogen) atoms. The van der Waals surface area contributed by atoms with Gasteiger partial charge in [0, 0.05) is 30.7 Å². The predicted octanol–water partition coefficient (Wildman–Crippen LogP) is 3.87. The summed E-state index contributed by atoms with van der Waals surface area (Å²) >= 11 is 0. The summed E-state index contributed by atoms with van der Waals surface area (Å²) in [5.74, 6) is -0.232. The molecule has 0 saturated carbocycles. The van der Waals surface area contributed by atoms with Crippen molar-refractivity contribution < 1.29 is 32.2 Å². The Balaban J connectivity index is 1.52. The SMILES string of the molecule is COCCOc1cc(NC23N=CC(C)=C(NO2)N3c2ccc3c(c2)NCO3)cc(C(F)(F)F)c1. The summed E-state index contributed by atoms with van der Waals surface area (Å²) < 4.78 is 56.7. The van der Waals surface area contributed by atoms with Gasteiger partial charge in [-0.1, -0.05) is 0 Å². The zero-order valence-electron chi connectivity index (χ0n) is 18.3. The minimum Gasteiger partial charge on any atom is -0.491 e. The molecule has 2 bridgehead atoms. The van der Waals surface area contributed by atoms with E-state index in [2.05, 4.69) is 21.1 Å². The number of benzene rings is 2. The first-order valence-corrected chi connectivity index (χ1v) is 10.4. The third-order valence-electron chi connectivity index (χ3n) is 5.43. The molecule has 0 aromatic heterocycles. The van der Waals surface area contributed by atoms with Gasteiger partial charge in [0.1, 0.15) is 23.9 Å². The van der Waals surface area contributed by atoms with Gasteiger partial charge in [-0.15, -0.1) is 0 Å². The van der Waals surface area contributed by atoms with E-state index in [0.29, 0.717) is 24.0 Å². The van der Waals surface area contributed by atoms with Crippen molar-refractivity contribution in [3.63, 3.8) is 0 Å². The number of methoxy groups -OCH3 is 1. The van der Waals surface area contributed by atoms with Crippen LogP contribution in [0.15, 0.2) is 52.8 Å². The fourth-order valence-electron chi connectivity index (χ4n) is 3.83. The van der Waals surface area contributed by atoms with Gasteiger partial charge in [0.15, 0.2) is 6.73 Å². The molecule has 1 unspecified atom stereocenters. The van der Waals surface area contributed by atoms with Crippen LogP contribution in [0.5, 0.6) is 11.5 Å². The third kappa shape index (κ3) is 3.94. The van der Waals surface area contributed by atoms with Crippen LogP contribution >= 0.6 is 0 Å². The number of hydrogen-bond donors (Lipinski definition) is 3. The van der Waals surface area contributed by atoms with Crippen LogP contribution in [0.2, 0.25) is 0 Å². The van der Waals surface area contributed by atoms with E-state index in [4.69, 9.17) is 19.0 Å². The molecule has 3 heterocycles. The predicted molar refractivity (Wildman–Crippen MR) is 119 cm³/mol. The number of fused-ring (bicyclic) bond motifs is 3. The zero-order chi connectivity index (χ0) is 23.9. The first-order valence-electron chi connectivity index (χ1n) is 10.4. The number of hydrogen-bond acceptors (Lipinski definition) is 9. The second kappa shape index (κ2) is 8.29. The van der Waals surface area contributed by atoms with Crippen LogP contribution in [0.25, 0.3) is 0 Å². The lowest BCUT2D eigenvalue weighted by Crippen LogP contribution is -2.51. The maximum absolute atomic E-state index is 13.6. The number of rotatable bonds is 7. The fraction of sp³-hybridized carbons (Fsp3) is 0.318. The number of anilines is 3. The van der Waals surface area contributed by atoms with Crippen LogP contribution < -0.4 is 30.5 Å². The second-order valence-electron chi connectivity index (χ2n) is 7.79. The Morgan fingerprint density at radius 2 is 2.06 bits per heavy atom. The van der Waals surface area contributed by atoms with Crippen molar-refractivity contribution in [3.05, 3.63) is 53.4 Å². The molecule has 1 atom stereocenters. The Hall–Kier alpha value is -3.64. The molecule has 3 N–H and O–H groups in total. The average molecular weight is 477 g/mol. The summed E-state index contributed by atoms with van der Waals surface area (Å²) in [7, 11) is 1.48. The molecule has 180 valence electrons. The van der Waals surface area contributed by atoms with E-state index in [0.717, 1.165) is 23.4 Å². The van der Waals surface area contributed by atoms with Crippen LogP contribution in [-0.4, -0.2) is 39.2 Å². The molecular formula is C22H22F3N5O4. The Labute approximate surface area is 193 Å². The van der Waals surface area contributed by atoms with Gasteiger partial charge >= 0.3 is 12.1 Å². The van der Waals surface area contributed by atoms with Crippen LogP contribution in [0.3, 0.4) is 0 Å². The van der Waals surface area contributed by atoms with Gasteiger partial charge in [0.05, 0.1) is 23.5 Å². The highest BCUT2D eigenvalue weighted by Crippen LogP contribution is 2.43.